The maximum Gasteiger partial charge on any atom is 0.262 e. The monoisotopic (exact) mass is 433 g/mol. The van der Waals surface area contributed by atoms with E-state index in [4.69, 9.17) is 0 Å². The highest BCUT2D eigenvalue weighted by atomic mass is 16.2. The number of imide groups is 1. The molecule has 0 aliphatic carbocycles. The van der Waals surface area contributed by atoms with Gasteiger partial charge in [-0.25, -0.2) is 14.6 Å². The summed E-state index contributed by atoms with van der Waals surface area (Å²) in [6.45, 7) is 6.04. The minimum atomic E-state index is -0.452. The van der Waals surface area contributed by atoms with Crippen molar-refractivity contribution in [2.45, 2.75) is 20.8 Å². The Morgan fingerprint density at radius 2 is 1.66 bits per heavy atom. The highest BCUT2D eigenvalue weighted by Gasteiger charge is 2.36. The van der Waals surface area contributed by atoms with Crippen molar-refractivity contribution in [3.05, 3.63) is 64.7 Å². The molecule has 0 spiro atoms. The maximum absolute atomic E-state index is 12.4. The van der Waals surface area contributed by atoms with Gasteiger partial charge in [-0.3, -0.25) is 19.3 Å². The first-order chi connectivity index (χ1) is 15.3. The second-order valence-electron chi connectivity index (χ2n) is 7.52. The van der Waals surface area contributed by atoms with E-state index in [1.54, 1.807) is 41.9 Å². The summed E-state index contributed by atoms with van der Waals surface area (Å²) in [6.07, 6.45) is 0. The predicted octanol–water partition coefficient (Wildman–Crippen LogP) is 1.41. The minimum Gasteiger partial charge on any atom is -0.368 e. The van der Waals surface area contributed by atoms with Crippen LogP contribution in [-0.4, -0.2) is 62.0 Å². The number of aryl methyl sites for hydroxylation is 3. The molecular formula is C22H23N7O3. The number of hydrogen-bond acceptors (Lipinski definition) is 7. The first-order valence-corrected chi connectivity index (χ1v) is 10.2. The van der Waals surface area contributed by atoms with E-state index < -0.39 is 17.7 Å². The largest absolute Gasteiger partial charge is 0.368 e. The standard InChI is InChI=1S/C22H23N7O3/c1-13-10-14(2)29(27-13)19-11-18(25-15(3)26-19)23-8-9-24-20(30)12-28-21(31)16-6-4-5-7-17(16)22(28)32/h4-7,10-11H,8-9,12H2,1-3H3,(H,24,30)(H,23,25,26). The average molecular weight is 433 g/mol. The number of anilines is 1. The highest BCUT2D eigenvalue weighted by Crippen LogP contribution is 2.21. The molecule has 4 rings (SSSR count). The van der Waals surface area contributed by atoms with Gasteiger partial charge in [0, 0.05) is 24.8 Å². The van der Waals surface area contributed by atoms with Gasteiger partial charge in [-0.15, -0.1) is 0 Å². The van der Waals surface area contributed by atoms with E-state index in [1.807, 2.05) is 19.9 Å². The summed E-state index contributed by atoms with van der Waals surface area (Å²) in [6, 6.07) is 10.3. The molecule has 0 unspecified atom stereocenters. The summed E-state index contributed by atoms with van der Waals surface area (Å²) in [7, 11) is 0. The van der Waals surface area contributed by atoms with E-state index >= 15 is 0 Å². The fourth-order valence-corrected chi connectivity index (χ4v) is 3.59. The zero-order valence-corrected chi connectivity index (χ0v) is 18.0. The number of fused-ring (bicyclic) bond motifs is 1. The SMILES string of the molecule is Cc1cc(C)n(-c2cc(NCCNC(=O)CN3C(=O)c4ccccc4C3=O)nc(C)n2)n1. The Morgan fingerprint density at radius 3 is 2.28 bits per heavy atom. The number of aromatic nitrogens is 4. The zero-order valence-electron chi connectivity index (χ0n) is 18.0. The molecule has 3 amide bonds. The van der Waals surface area contributed by atoms with Crippen LogP contribution in [0.2, 0.25) is 0 Å². The number of carbonyl (C=O) groups is 3. The Bertz CT molecular complexity index is 1180. The molecule has 0 bridgehead atoms. The summed E-state index contributed by atoms with van der Waals surface area (Å²) in [5.74, 6) is 0.532. The van der Waals surface area contributed by atoms with Crippen LogP contribution < -0.4 is 10.6 Å². The number of amides is 3. The Hall–Kier alpha value is -4.08. The minimum absolute atomic E-state index is 0.292. The lowest BCUT2D eigenvalue weighted by Gasteiger charge is -2.14. The molecule has 0 atom stereocenters. The first-order valence-electron chi connectivity index (χ1n) is 10.2. The van der Waals surface area contributed by atoms with Crippen LogP contribution >= 0.6 is 0 Å². The lowest BCUT2D eigenvalue weighted by Crippen LogP contribution is -2.41. The first kappa shape index (κ1) is 21.2. The van der Waals surface area contributed by atoms with Gasteiger partial charge in [0.1, 0.15) is 18.2 Å². The Labute approximate surface area is 184 Å². The van der Waals surface area contributed by atoms with Crippen LogP contribution in [0.1, 0.15) is 37.9 Å². The number of nitrogens with one attached hydrogen (secondary N) is 2. The fourth-order valence-electron chi connectivity index (χ4n) is 3.59. The van der Waals surface area contributed by atoms with Crippen molar-refractivity contribution in [1.82, 2.24) is 30.0 Å². The van der Waals surface area contributed by atoms with Crippen LogP contribution in [0, 0.1) is 20.8 Å². The molecule has 2 N–H and O–H groups in total. The van der Waals surface area contributed by atoms with Crippen molar-refractivity contribution in [1.29, 1.82) is 0 Å². The van der Waals surface area contributed by atoms with Gasteiger partial charge in [0.2, 0.25) is 5.91 Å². The van der Waals surface area contributed by atoms with E-state index in [9.17, 15) is 14.4 Å². The summed E-state index contributed by atoms with van der Waals surface area (Å²) in [5, 5.41) is 10.3. The third-order valence-electron chi connectivity index (χ3n) is 4.98. The number of rotatable bonds is 7. The highest BCUT2D eigenvalue weighted by molar-refractivity contribution is 6.22. The van der Waals surface area contributed by atoms with Crippen LogP contribution in [0.5, 0.6) is 0 Å². The van der Waals surface area contributed by atoms with Crippen LogP contribution in [0.25, 0.3) is 5.82 Å². The van der Waals surface area contributed by atoms with Gasteiger partial charge < -0.3 is 10.6 Å². The smallest absolute Gasteiger partial charge is 0.262 e. The number of benzene rings is 1. The van der Waals surface area contributed by atoms with Gasteiger partial charge in [-0.1, -0.05) is 12.1 Å². The molecule has 2 aromatic heterocycles. The molecule has 3 heterocycles. The quantitative estimate of drug-likeness (QED) is 0.427. The Morgan fingerprint density at radius 1 is 0.969 bits per heavy atom. The molecule has 10 nitrogen and oxygen atoms in total. The maximum atomic E-state index is 12.4. The lowest BCUT2D eigenvalue weighted by molar-refractivity contribution is -0.121. The van der Waals surface area contributed by atoms with E-state index in [0.29, 0.717) is 41.7 Å². The molecular weight excluding hydrogens is 410 g/mol. The van der Waals surface area contributed by atoms with Gasteiger partial charge >= 0.3 is 0 Å². The summed E-state index contributed by atoms with van der Waals surface area (Å²) >= 11 is 0. The van der Waals surface area contributed by atoms with Crippen molar-refractivity contribution in [2.24, 2.45) is 0 Å². The second-order valence-corrected chi connectivity index (χ2v) is 7.52. The summed E-state index contributed by atoms with van der Waals surface area (Å²) in [4.78, 5) is 46.7. The fraction of sp³-hybridized carbons (Fsp3) is 0.273. The third kappa shape index (κ3) is 4.20. The van der Waals surface area contributed by atoms with Gasteiger partial charge in [-0.2, -0.15) is 5.10 Å². The molecule has 0 saturated heterocycles. The third-order valence-corrected chi connectivity index (χ3v) is 4.98. The molecule has 0 fully saturated rings. The van der Waals surface area contributed by atoms with Crippen LogP contribution in [0.15, 0.2) is 36.4 Å². The molecule has 32 heavy (non-hydrogen) atoms. The lowest BCUT2D eigenvalue weighted by atomic mass is 10.1. The number of nitrogens with zero attached hydrogens (tertiary/aromatic N) is 5. The van der Waals surface area contributed by atoms with Crippen molar-refractivity contribution in [3.8, 4) is 5.82 Å². The van der Waals surface area contributed by atoms with Gasteiger partial charge in [0.15, 0.2) is 5.82 Å². The van der Waals surface area contributed by atoms with Crippen molar-refractivity contribution in [3.63, 3.8) is 0 Å². The predicted molar refractivity (Wildman–Crippen MR) is 117 cm³/mol. The Kier molecular flexibility index (Phi) is 5.67. The summed E-state index contributed by atoms with van der Waals surface area (Å²) in [5.41, 5.74) is 2.51. The van der Waals surface area contributed by atoms with Crippen LogP contribution in [-0.2, 0) is 4.79 Å². The molecule has 0 radical (unpaired) electrons. The molecule has 3 aromatic rings. The van der Waals surface area contributed by atoms with E-state index in [-0.39, 0.29) is 6.54 Å². The van der Waals surface area contributed by atoms with E-state index in [2.05, 4.69) is 25.7 Å². The van der Waals surface area contributed by atoms with E-state index in [0.717, 1.165) is 16.3 Å². The van der Waals surface area contributed by atoms with Gasteiger partial charge in [0.25, 0.3) is 11.8 Å². The van der Waals surface area contributed by atoms with Crippen LogP contribution in [0.3, 0.4) is 0 Å². The summed E-state index contributed by atoms with van der Waals surface area (Å²) < 4.78 is 1.75. The molecule has 1 aliphatic rings. The van der Waals surface area contributed by atoms with Gasteiger partial charge in [-0.05, 0) is 39.0 Å². The molecule has 164 valence electrons. The van der Waals surface area contributed by atoms with Crippen molar-refractivity contribution in [2.75, 3.05) is 25.0 Å². The normalized spacial score (nSPS) is 12.8. The average Bonchev–Trinajstić information content (AvgIpc) is 3.22. The second kappa shape index (κ2) is 8.58. The van der Waals surface area contributed by atoms with Crippen molar-refractivity contribution < 1.29 is 14.4 Å². The topological polar surface area (TPSA) is 122 Å². The molecule has 10 heteroatoms. The van der Waals surface area contributed by atoms with E-state index in [1.165, 1.54) is 0 Å². The zero-order chi connectivity index (χ0) is 22.8. The Balaban J connectivity index is 1.30. The number of carbonyl (C=O) groups excluding carboxylic acids is 3. The number of hydrogen-bond donors (Lipinski definition) is 2. The molecule has 1 aromatic carbocycles. The van der Waals surface area contributed by atoms with Crippen molar-refractivity contribution >= 4 is 23.5 Å². The molecule has 1 aliphatic heterocycles. The molecule has 0 saturated carbocycles. The van der Waals surface area contributed by atoms with Crippen LogP contribution in [0.4, 0.5) is 5.82 Å². The van der Waals surface area contributed by atoms with Gasteiger partial charge in [0.05, 0.1) is 16.8 Å².